The number of piperidine rings is 1. The van der Waals surface area contributed by atoms with E-state index in [1.165, 1.54) is 16.2 Å². The summed E-state index contributed by atoms with van der Waals surface area (Å²) in [5.41, 5.74) is 3.02. The number of carbonyl (C=O) groups is 3. The largest absolute Gasteiger partial charge is 0.333 e. The highest BCUT2D eigenvalue weighted by molar-refractivity contribution is 7.19. The fourth-order valence-corrected chi connectivity index (χ4v) is 7.17. The number of piperazine rings is 1. The molecule has 3 amide bonds. The molecule has 9 nitrogen and oxygen atoms in total. The molecular weight excluding hydrogens is 536 g/mol. The Morgan fingerprint density at radius 1 is 1.26 bits per heavy atom. The Hall–Kier alpha value is -3.39. The topological polar surface area (TPSA) is 119 Å². The first-order chi connectivity index (χ1) is 18.1. The number of hydrogen-bond donors (Lipinski definition) is 1. The molecule has 3 fully saturated rings. The molecule has 3 aromatic heterocycles. The van der Waals surface area contributed by atoms with Gasteiger partial charge >= 0.3 is 0 Å². The molecule has 1 saturated carbocycles. The van der Waals surface area contributed by atoms with E-state index >= 15 is 0 Å². The molecule has 3 aromatic rings. The molecule has 39 heavy (non-hydrogen) atoms. The Bertz CT molecular complexity index is 1550. The molecule has 2 unspecified atom stereocenters. The van der Waals surface area contributed by atoms with Crippen molar-refractivity contribution in [2.24, 2.45) is 17.3 Å². The van der Waals surface area contributed by atoms with E-state index < -0.39 is 0 Å². The maximum absolute atomic E-state index is 13.8. The summed E-state index contributed by atoms with van der Waals surface area (Å²) in [6.45, 7) is 10.0. The highest BCUT2D eigenvalue weighted by Crippen LogP contribution is 2.63. The molecule has 0 spiro atoms. The van der Waals surface area contributed by atoms with Gasteiger partial charge in [-0.3, -0.25) is 24.3 Å². The summed E-state index contributed by atoms with van der Waals surface area (Å²) in [5.74, 6) is -0.763. The van der Waals surface area contributed by atoms with Gasteiger partial charge in [-0.05, 0) is 43.0 Å². The van der Waals surface area contributed by atoms with Crippen LogP contribution in [0, 0.1) is 35.5 Å². The number of nitriles is 1. The normalized spacial score (nSPS) is 23.4. The van der Waals surface area contributed by atoms with Crippen LogP contribution in [0.5, 0.6) is 0 Å². The van der Waals surface area contributed by atoms with Crippen LogP contribution in [-0.4, -0.2) is 63.2 Å². The van der Waals surface area contributed by atoms with Crippen molar-refractivity contribution in [2.75, 3.05) is 19.6 Å². The molecule has 5 heterocycles. The van der Waals surface area contributed by atoms with Gasteiger partial charge in [0, 0.05) is 42.3 Å². The number of nitrogens with one attached hydrogen (secondary N) is 1. The first kappa shape index (κ1) is 27.2. The third kappa shape index (κ3) is 4.20. The zero-order valence-corrected chi connectivity index (χ0v) is 23.8. The average Bonchev–Trinajstić information content (AvgIpc) is 3.13. The zero-order chi connectivity index (χ0) is 26.9. The van der Waals surface area contributed by atoms with Crippen LogP contribution in [0.25, 0.3) is 21.5 Å². The van der Waals surface area contributed by atoms with E-state index in [1.54, 1.807) is 12.3 Å². The summed E-state index contributed by atoms with van der Waals surface area (Å²) < 4.78 is 0.802. The summed E-state index contributed by atoms with van der Waals surface area (Å²) in [6.07, 6.45) is 1.66. The molecule has 3 aliphatic rings. The highest BCUT2D eigenvalue weighted by atomic mass is 35.5. The van der Waals surface area contributed by atoms with Crippen molar-refractivity contribution in [3.05, 3.63) is 46.1 Å². The standard InChI is InChI=1S/C28H28N6O3S.ClH/c1-14-9-16(11-29)32-23(20(14)25(35)33-8-7-30-12-15(33)2)18-5-6-31-19-10-17(38-24(18)19)13-34-26(36)21-22(27(34)37)28(21,3)4;/h5-6,9-10,15,21-22,30H,7-8,12-13H2,1-4H3;1H/t15-,21?,22?;/m1./s1. The van der Waals surface area contributed by atoms with Gasteiger partial charge < -0.3 is 10.2 Å². The molecule has 0 aromatic carbocycles. The van der Waals surface area contributed by atoms with Gasteiger partial charge in [-0.1, -0.05) is 13.8 Å². The van der Waals surface area contributed by atoms with Crippen LogP contribution in [-0.2, 0) is 16.1 Å². The fourth-order valence-electron chi connectivity index (χ4n) is 6.05. The van der Waals surface area contributed by atoms with Crippen molar-refractivity contribution in [3.63, 3.8) is 0 Å². The highest BCUT2D eigenvalue weighted by Gasteiger charge is 2.72. The maximum atomic E-state index is 13.8. The van der Waals surface area contributed by atoms with Gasteiger partial charge in [-0.25, -0.2) is 4.98 Å². The second-order valence-corrected chi connectivity index (χ2v) is 12.2. The summed E-state index contributed by atoms with van der Waals surface area (Å²) in [6, 6.07) is 7.50. The van der Waals surface area contributed by atoms with E-state index in [0.717, 1.165) is 16.1 Å². The van der Waals surface area contributed by atoms with Crippen LogP contribution >= 0.6 is 23.7 Å². The molecule has 0 radical (unpaired) electrons. The monoisotopic (exact) mass is 564 g/mol. The van der Waals surface area contributed by atoms with Gasteiger partial charge in [-0.15, -0.1) is 23.7 Å². The van der Waals surface area contributed by atoms with Gasteiger partial charge in [-0.2, -0.15) is 5.26 Å². The minimum atomic E-state index is -0.250. The summed E-state index contributed by atoms with van der Waals surface area (Å²) in [4.78, 5) is 52.8. The maximum Gasteiger partial charge on any atom is 0.256 e. The average molecular weight is 565 g/mol. The third-order valence-corrected chi connectivity index (χ3v) is 9.37. The van der Waals surface area contributed by atoms with Crippen LogP contribution in [0.2, 0.25) is 0 Å². The summed E-state index contributed by atoms with van der Waals surface area (Å²) >= 11 is 1.44. The number of hydrogen-bond acceptors (Lipinski definition) is 8. The Labute approximate surface area is 236 Å². The number of imide groups is 1. The first-order valence-corrected chi connectivity index (χ1v) is 13.6. The predicted octanol–water partition coefficient (Wildman–Crippen LogP) is 3.54. The van der Waals surface area contributed by atoms with Crippen molar-refractivity contribution < 1.29 is 14.4 Å². The quantitative estimate of drug-likeness (QED) is 0.481. The van der Waals surface area contributed by atoms with E-state index in [0.29, 0.717) is 41.0 Å². The fraction of sp³-hybridized carbons (Fsp3) is 0.429. The number of pyridine rings is 2. The van der Waals surface area contributed by atoms with Crippen molar-refractivity contribution >= 4 is 51.7 Å². The number of amides is 3. The lowest BCUT2D eigenvalue weighted by Gasteiger charge is -2.34. The van der Waals surface area contributed by atoms with Crippen molar-refractivity contribution in [1.82, 2.24) is 25.1 Å². The van der Waals surface area contributed by atoms with E-state index in [4.69, 9.17) is 0 Å². The number of likely N-dealkylation sites (tertiary alicyclic amines) is 1. The van der Waals surface area contributed by atoms with Crippen LogP contribution in [0.3, 0.4) is 0 Å². The lowest BCUT2D eigenvalue weighted by atomic mass is 9.98. The number of fused-ring (bicyclic) bond motifs is 2. The number of rotatable bonds is 4. The molecule has 2 saturated heterocycles. The molecule has 6 rings (SSSR count). The minimum Gasteiger partial charge on any atom is -0.333 e. The Morgan fingerprint density at radius 3 is 2.64 bits per heavy atom. The second kappa shape index (κ2) is 9.66. The number of nitrogens with zero attached hydrogens (tertiary/aromatic N) is 5. The zero-order valence-electron chi connectivity index (χ0n) is 22.1. The van der Waals surface area contributed by atoms with Crippen LogP contribution in [0.1, 0.15) is 47.3 Å². The van der Waals surface area contributed by atoms with E-state index in [9.17, 15) is 19.6 Å². The van der Waals surface area contributed by atoms with Gasteiger partial charge in [0.1, 0.15) is 11.8 Å². The molecule has 1 N–H and O–H groups in total. The molecule has 1 aliphatic carbocycles. The van der Waals surface area contributed by atoms with Crippen molar-refractivity contribution in [3.8, 4) is 17.3 Å². The van der Waals surface area contributed by atoms with Crippen LogP contribution in [0.4, 0.5) is 0 Å². The number of aryl methyl sites for hydroxylation is 1. The van der Waals surface area contributed by atoms with Crippen LogP contribution < -0.4 is 5.32 Å². The van der Waals surface area contributed by atoms with E-state index in [1.807, 2.05) is 44.7 Å². The molecule has 2 aliphatic heterocycles. The van der Waals surface area contributed by atoms with Gasteiger partial charge in [0.15, 0.2) is 0 Å². The number of halogens is 1. The van der Waals surface area contributed by atoms with Crippen LogP contribution in [0.15, 0.2) is 24.4 Å². The predicted molar refractivity (Wildman–Crippen MR) is 149 cm³/mol. The Morgan fingerprint density at radius 2 is 1.97 bits per heavy atom. The number of aromatic nitrogens is 2. The minimum absolute atomic E-state index is 0. The number of thiophene rings is 1. The van der Waals surface area contributed by atoms with Crippen molar-refractivity contribution in [2.45, 2.75) is 40.3 Å². The smallest absolute Gasteiger partial charge is 0.256 e. The first-order valence-electron chi connectivity index (χ1n) is 12.8. The lowest BCUT2D eigenvalue weighted by molar-refractivity contribution is -0.143. The van der Waals surface area contributed by atoms with E-state index in [-0.39, 0.29) is 65.7 Å². The summed E-state index contributed by atoms with van der Waals surface area (Å²) in [7, 11) is 0. The SMILES string of the molecule is Cc1cc(C#N)nc(-c2ccnc3cc(CN4C(=O)C5C(C4=O)C5(C)C)sc23)c1C(=O)N1CCNC[C@H]1C.Cl. The number of carbonyl (C=O) groups excluding carboxylic acids is 3. The molecule has 0 bridgehead atoms. The molecular formula is C28H29ClN6O3S. The molecule has 3 atom stereocenters. The van der Waals surface area contributed by atoms with Crippen molar-refractivity contribution in [1.29, 1.82) is 5.26 Å². The Balaban J connectivity index is 0.00000308. The summed E-state index contributed by atoms with van der Waals surface area (Å²) in [5, 5.41) is 13.0. The molecule has 202 valence electrons. The van der Waals surface area contributed by atoms with Gasteiger partial charge in [0.05, 0.1) is 39.9 Å². The van der Waals surface area contributed by atoms with Gasteiger partial charge in [0.25, 0.3) is 5.91 Å². The third-order valence-electron chi connectivity index (χ3n) is 8.23. The van der Waals surface area contributed by atoms with Gasteiger partial charge in [0.2, 0.25) is 11.8 Å². The Kier molecular flexibility index (Phi) is 6.74. The lowest BCUT2D eigenvalue weighted by Crippen LogP contribution is -2.52. The molecule has 11 heteroatoms. The van der Waals surface area contributed by atoms with E-state index in [2.05, 4.69) is 21.4 Å². The second-order valence-electron chi connectivity index (χ2n) is 11.0.